The molecular weight excluding hydrogens is 217 g/mol. The van der Waals surface area contributed by atoms with E-state index in [2.05, 4.69) is 5.32 Å². The number of nitrogens with one attached hydrogen (secondary N) is 1. The minimum atomic E-state index is -0.249. The van der Waals surface area contributed by atoms with Crippen LogP contribution in [-0.4, -0.2) is 5.91 Å². The molecule has 3 rings (SSSR count). The average Bonchev–Trinajstić information content (AvgIpc) is 2.65. The number of hydrogen-bond donors (Lipinski definition) is 1. The highest BCUT2D eigenvalue weighted by Gasteiger charge is 2.37. The van der Waals surface area contributed by atoms with Crippen LogP contribution in [0.15, 0.2) is 18.2 Å². The molecular formula is C14H16FNO. The zero-order chi connectivity index (χ0) is 11.8. The normalized spacial score (nSPS) is 24.5. The summed E-state index contributed by atoms with van der Waals surface area (Å²) in [4.78, 5) is 12.0. The molecule has 0 aromatic heterocycles. The summed E-state index contributed by atoms with van der Waals surface area (Å²) in [6.45, 7) is 0. The van der Waals surface area contributed by atoms with Crippen LogP contribution in [0.5, 0.6) is 0 Å². The van der Waals surface area contributed by atoms with Gasteiger partial charge < -0.3 is 5.32 Å². The number of rotatable bonds is 1. The first-order valence-electron chi connectivity index (χ1n) is 6.36. The van der Waals surface area contributed by atoms with Gasteiger partial charge in [0.2, 0.25) is 5.91 Å². The molecule has 1 fully saturated rings. The summed E-state index contributed by atoms with van der Waals surface area (Å²) in [5.41, 5.74) is 1.66. The second-order valence-corrected chi connectivity index (χ2v) is 5.10. The van der Waals surface area contributed by atoms with Crippen LogP contribution in [0.25, 0.3) is 0 Å². The lowest BCUT2D eigenvalue weighted by atomic mass is 9.77. The molecule has 1 aliphatic heterocycles. The van der Waals surface area contributed by atoms with Crippen LogP contribution in [0, 0.1) is 11.7 Å². The summed E-state index contributed by atoms with van der Waals surface area (Å²) in [7, 11) is 0. The van der Waals surface area contributed by atoms with E-state index in [0.29, 0.717) is 5.92 Å². The van der Waals surface area contributed by atoms with Gasteiger partial charge in [0.15, 0.2) is 0 Å². The van der Waals surface area contributed by atoms with Crippen LogP contribution < -0.4 is 5.32 Å². The van der Waals surface area contributed by atoms with Crippen LogP contribution in [-0.2, 0) is 4.79 Å². The van der Waals surface area contributed by atoms with E-state index < -0.39 is 0 Å². The zero-order valence-electron chi connectivity index (χ0n) is 9.71. The summed E-state index contributed by atoms with van der Waals surface area (Å²) < 4.78 is 13.3. The van der Waals surface area contributed by atoms with Crippen molar-refractivity contribution in [2.75, 3.05) is 5.32 Å². The average molecular weight is 233 g/mol. The summed E-state index contributed by atoms with van der Waals surface area (Å²) in [6.07, 6.45) is 5.83. The summed E-state index contributed by atoms with van der Waals surface area (Å²) in [5.74, 6) is 0.0753. The second kappa shape index (κ2) is 4.13. The van der Waals surface area contributed by atoms with Crippen molar-refractivity contribution in [2.45, 2.75) is 38.0 Å². The summed E-state index contributed by atoms with van der Waals surface area (Å²) >= 11 is 0. The molecule has 1 N–H and O–H groups in total. The molecule has 0 saturated heterocycles. The Bertz CT molecular complexity index is 452. The monoisotopic (exact) mass is 233 g/mol. The van der Waals surface area contributed by atoms with Crippen molar-refractivity contribution in [1.29, 1.82) is 0 Å². The lowest BCUT2D eigenvalue weighted by Crippen LogP contribution is -2.22. The fourth-order valence-electron chi connectivity index (χ4n) is 3.19. The first kappa shape index (κ1) is 10.8. The van der Waals surface area contributed by atoms with Crippen LogP contribution in [0.2, 0.25) is 0 Å². The predicted molar refractivity (Wildman–Crippen MR) is 64.3 cm³/mol. The molecule has 0 spiro atoms. The number of anilines is 1. The molecule has 1 unspecified atom stereocenters. The quantitative estimate of drug-likeness (QED) is 0.791. The topological polar surface area (TPSA) is 29.1 Å². The molecule has 3 heteroatoms. The number of carbonyl (C=O) groups excluding carboxylic acids is 1. The Morgan fingerprint density at radius 2 is 1.94 bits per heavy atom. The Hall–Kier alpha value is -1.38. The minimum Gasteiger partial charge on any atom is -0.325 e. The van der Waals surface area contributed by atoms with Gasteiger partial charge in [-0.15, -0.1) is 0 Å². The number of hydrogen-bond acceptors (Lipinski definition) is 1. The van der Waals surface area contributed by atoms with E-state index in [4.69, 9.17) is 0 Å². The third-order valence-corrected chi connectivity index (χ3v) is 4.01. The zero-order valence-corrected chi connectivity index (χ0v) is 9.71. The number of benzene rings is 1. The smallest absolute Gasteiger partial charge is 0.232 e. The van der Waals surface area contributed by atoms with Crippen molar-refractivity contribution in [3.63, 3.8) is 0 Å². The first-order valence-corrected chi connectivity index (χ1v) is 6.36. The molecule has 0 radical (unpaired) electrons. The Morgan fingerprint density at radius 3 is 2.71 bits per heavy atom. The number of carbonyl (C=O) groups is 1. The van der Waals surface area contributed by atoms with Crippen molar-refractivity contribution in [2.24, 2.45) is 5.92 Å². The van der Waals surface area contributed by atoms with Gasteiger partial charge in [0.1, 0.15) is 5.82 Å². The second-order valence-electron chi connectivity index (χ2n) is 5.10. The Morgan fingerprint density at radius 1 is 1.18 bits per heavy atom. The molecule has 90 valence electrons. The van der Waals surface area contributed by atoms with Gasteiger partial charge in [-0.2, -0.15) is 0 Å². The van der Waals surface area contributed by atoms with Gasteiger partial charge in [-0.3, -0.25) is 4.79 Å². The first-order chi connectivity index (χ1) is 8.25. The fourth-order valence-corrected chi connectivity index (χ4v) is 3.19. The third kappa shape index (κ3) is 1.84. The molecule has 2 nitrogen and oxygen atoms in total. The van der Waals surface area contributed by atoms with Gasteiger partial charge in [0.25, 0.3) is 0 Å². The SMILES string of the molecule is O=C1Nc2ccc(F)cc2C1C1CCCCC1. The summed E-state index contributed by atoms with van der Waals surface area (Å²) in [5, 5.41) is 2.87. The van der Waals surface area contributed by atoms with E-state index >= 15 is 0 Å². The highest BCUT2D eigenvalue weighted by molar-refractivity contribution is 6.03. The van der Waals surface area contributed by atoms with Gasteiger partial charge in [0.05, 0.1) is 5.92 Å². The molecule has 1 atom stereocenters. The largest absolute Gasteiger partial charge is 0.325 e. The van der Waals surface area contributed by atoms with E-state index in [9.17, 15) is 9.18 Å². The molecule has 0 bridgehead atoms. The van der Waals surface area contributed by atoms with Gasteiger partial charge in [-0.05, 0) is 42.5 Å². The van der Waals surface area contributed by atoms with E-state index in [0.717, 1.165) is 24.1 Å². The van der Waals surface area contributed by atoms with Gasteiger partial charge in [-0.25, -0.2) is 4.39 Å². The lowest BCUT2D eigenvalue weighted by Gasteiger charge is -2.26. The van der Waals surface area contributed by atoms with Crippen LogP contribution in [0.1, 0.15) is 43.6 Å². The standard InChI is InChI=1S/C14H16FNO/c15-10-6-7-12-11(8-10)13(14(17)16-12)9-4-2-1-3-5-9/h6-9,13H,1-5H2,(H,16,17). The van der Waals surface area contributed by atoms with Gasteiger partial charge in [0, 0.05) is 5.69 Å². The maximum atomic E-state index is 13.3. The van der Waals surface area contributed by atoms with E-state index in [1.807, 2.05) is 0 Å². The highest BCUT2D eigenvalue weighted by atomic mass is 19.1. The van der Waals surface area contributed by atoms with Gasteiger partial charge >= 0.3 is 0 Å². The Balaban J connectivity index is 1.95. The molecule has 1 heterocycles. The molecule has 1 saturated carbocycles. The number of amides is 1. The third-order valence-electron chi connectivity index (χ3n) is 4.01. The van der Waals surface area contributed by atoms with E-state index in [-0.39, 0.29) is 17.6 Å². The number of fused-ring (bicyclic) bond motifs is 1. The van der Waals surface area contributed by atoms with Crippen molar-refractivity contribution < 1.29 is 9.18 Å². The Kier molecular flexibility index (Phi) is 2.61. The van der Waals surface area contributed by atoms with E-state index in [1.165, 1.54) is 31.4 Å². The minimum absolute atomic E-state index is 0.0532. The van der Waals surface area contributed by atoms with Crippen molar-refractivity contribution in [3.05, 3.63) is 29.6 Å². The Labute approximate surface area is 100 Å². The maximum absolute atomic E-state index is 13.3. The number of halogens is 1. The van der Waals surface area contributed by atoms with Crippen LogP contribution >= 0.6 is 0 Å². The lowest BCUT2D eigenvalue weighted by molar-refractivity contribution is -0.118. The molecule has 1 aromatic carbocycles. The molecule has 2 aliphatic rings. The highest BCUT2D eigenvalue weighted by Crippen LogP contribution is 2.43. The van der Waals surface area contributed by atoms with Crippen LogP contribution in [0.3, 0.4) is 0 Å². The molecule has 1 aliphatic carbocycles. The fraction of sp³-hybridized carbons (Fsp3) is 0.500. The molecule has 1 amide bonds. The van der Waals surface area contributed by atoms with Crippen LogP contribution in [0.4, 0.5) is 10.1 Å². The molecule has 1 aromatic rings. The van der Waals surface area contributed by atoms with E-state index in [1.54, 1.807) is 6.07 Å². The predicted octanol–water partition coefficient (Wildman–Crippen LogP) is 3.44. The maximum Gasteiger partial charge on any atom is 0.232 e. The van der Waals surface area contributed by atoms with Crippen molar-refractivity contribution in [3.8, 4) is 0 Å². The van der Waals surface area contributed by atoms with Crippen molar-refractivity contribution in [1.82, 2.24) is 0 Å². The summed E-state index contributed by atoms with van der Waals surface area (Å²) in [6, 6.07) is 4.60. The van der Waals surface area contributed by atoms with Gasteiger partial charge in [-0.1, -0.05) is 19.3 Å². The van der Waals surface area contributed by atoms with Crippen molar-refractivity contribution >= 4 is 11.6 Å². The molecule has 17 heavy (non-hydrogen) atoms.